The first-order valence-corrected chi connectivity index (χ1v) is 6.77. The Morgan fingerprint density at radius 3 is 2.74 bits per heavy atom. The molecule has 1 aliphatic heterocycles. The van der Waals surface area contributed by atoms with Crippen molar-refractivity contribution in [3.8, 4) is 0 Å². The van der Waals surface area contributed by atoms with E-state index in [0.29, 0.717) is 11.8 Å². The normalized spacial score (nSPS) is 19.7. The molecule has 3 rings (SSSR count). The number of aromatic amines is 1. The average Bonchev–Trinajstić information content (AvgIpc) is 3.09. The highest BCUT2D eigenvalue weighted by Gasteiger charge is 2.27. The molecule has 0 aliphatic carbocycles. The number of hydrogen-bond acceptors (Lipinski definition) is 5. The maximum Gasteiger partial charge on any atom is 0.233 e. The Hall–Kier alpha value is -1.69. The highest BCUT2D eigenvalue weighted by atomic mass is 16.4. The number of nitrogens with zero attached hydrogens (tertiary/aromatic N) is 4. The Morgan fingerprint density at radius 2 is 2.16 bits per heavy atom. The number of aryl methyl sites for hydroxylation is 1. The van der Waals surface area contributed by atoms with Gasteiger partial charge in [-0.1, -0.05) is 0 Å². The van der Waals surface area contributed by atoms with E-state index >= 15 is 0 Å². The van der Waals surface area contributed by atoms with Gasteiger partial charge < -0.3 is 4.42 Å². The van der Waals surface area contributed by atoms with Crippen LogP contribution < -0.4 is 0 Å². The van der Waals surface area contributed by atoms with Crippen LogP contribution in [-0.2, 0) is 0 Å². The standard InChI is InChI=1S/C13H19N5O/c1-9(13-17-15-10(2)19-13)18-7-4-11(5-8-18)12-3-6-14-16-12/h3,6,9,11H,4-5,7-8H2,1-2H3,(H,14,16)/t9-/m1/s1. The Morgan fingerprint density at radius 1 is 1.37 bits per heavy atom. The van der Waals surface area contributed by atoms with Crippen molar-refractivity contribution in [1.82, 2.24) is 25.3 Å². The molecule has 0 saturated carbocycles. The van der Waals surface area contributed by atoms with Crippen LogP contribution >= 0.6 is 0 Å². The largest absolute Gasteiger partial charge is 0.424 e. The summed E-state index contributed by atoms with van der Waals surface area (Å²) in [4.78, 5) is 2.40. The summed E-state index contributed by atoms with van der Waals surface area (Å²) in [6.45, 7) is 6.05. The molecule has 0 spiro atoms. The molecule has 2 aromatic rings. The predicted molar refractivity (Wildman–Crippen MR) is 69.6 cm³/mol. The van der Waals surface area contributed by atoms with Gasteiger partial charge in [-0.15, -0.1) is 10.2 Å². The first-order valence-electron chi connectivity index (χ1n) is 6.77. The second-order valence-corrected chi connectivity index (χ2v) is 5.16. The third kappa shape index (κ3) is 2.53. The number of piperidine rings is 1. The molecule has 0 aromatic carbocycles. The monoisotopic (exact) mass is 261 g/mol. The summed E-state index contributed by atoms with van der Waals surface area (Å²) >= 11 is 0. The number of nitrogens with one attached hydrogen (secondary N) is 1. The van der Waals surface area contributed by atoms with Crippen LogP contribution in [0.4, 0.5) is 0 Å². The fraction of sp³-hybridized carbons (Fsp3) is 0.615. The van der Waals surface area contributed by atoms with Gasteiger partial charge in [-0.25, -0.2) is 0 Å². The molecule has 1 N–H and O–H groups in total. The second-order valence-electron chi connectivity index (χ2n) is 5.16. The van der Waals surface area contributed by atoms with Crippen molar-refractivity contribution in [2.45, 2.75) is 38.6 Å². The van der Waals surface area contributed by atoms with Gasteiger partial charge in [0.2, 0.25) is 11.8 Å². The van der Waals surface area contributed by atoms with Crippen LogP contribution in [0.15, 0.2) is 16.7 Å². The van der Waals surface area contributed by atoms with E-state index in [2.05, 4.69) is 38.3 Å². The molecule has 3 heterocycles. The quantitative estimate of drug-likeness (QED) is 0.915. The first-order chi connectivity index (χ1) is 9.24. The number of hydrogen-bond donors (Lipinski definition) is 1. The van der Waals surface area contributed by atoms with Gasteiger partial charge in [0.25, 0.3) is 0 Å². The van der Waals surface area contributed by atoms with Gasteiger partial charge in [-0.3, -0.25) is 10.00 Å². The van der Waals surface area contributed by atoms with Crippen LogP contribution in [0.5, 0.6) is 0 Å². The Kier molecular flexibility index (Phi) is 3.33. The van der Waals surface area contributed by atoms with Crippen molar-refractivity contribution in [2.75, 3.05) is 13.1 Å². The third-order valence-corrected chi connectivity index (χ3v) is 3.94. The molecule has 0 amide bonds. The van der Waals surface area contributed by atoms with E-state index in [1.165, 1.54) is 5.69 Å². The molecule has 19 heavy (non-hydrogen) atoms. The third-order valence-electron chi connectivity index (χ3n) is 3.94. The molecule has 2 aromatic heterocycles. The lowest BCUT2D eigenvalue weighted by atomic mass is 9.93. The fourth-order valence-corrected chi connectivity index (χ4v) is 2.73. The van der Waals surface area contributed by atoms with E-state index in [4.69, 9.17) is 4.42 Å². The minimum Gasteiger partial charge on any atom is -0.424 e. The molecule has 6 nitrogen and oxygen atoms in total. The lowest BCUT2D eigenvalue weighted by molar-refractivity contribution is 0.141. The zero-order valence-corrected chi connectivity index (χ0v) is 11.3. The second kappa shape index (κ2) is 5.13. The van der Waals surface area contributed by atoms with E-state index in [-0.39, 0.29) is 6.04 Å². The lowest BCUT2D eigenvalue weighted by Crippen LogP contribution is -2.35. The molecule has 0 unspecified atom stereocenters. The van der Waals surface area contributed by atoms with Crippen molar-refractivity contribution in [3.05, 3.63) is 29.7 Å². The van der Waals surface area contributed by atoms with Gasteiger partial charge >= 0.3 is 0 Å². The molecule has 0 radical (unpaired) electrons. The van der Waals surface area contributed by atoms with Crippen LogP contribution in [0, 0.1) is 6.92 Å². The van der Waals surface area contributed by atoms with Gasteiger partial charge in [0.05, 0.1) is 6.04 Å². The summed E-state index contributed by atoms with van der Waals surface area (Å²) in [5.74, 6) is 1.95. The molecule has 1 fully saturated rings. The topological polar surface area (TPSA) is 70.8 Å². The van der Waals surface area contributed by atoms with Crippen molar-refractivity contribution in [3.63, 3.8) is 0 Å². The molecule has 1 atom stereocenters. The SMILES string of the molecule is Cc1nnc([C@@H](C)N2CCC(c3ccn[nH]3)CC2)o1. The van der Waals surface area contributed by atoms with Crippen LogP contribution in [-0.4, -0.2) is 38.4 Å². The molecular weight excluding hydrogens is 242 g/mol. The molecule has 6 heteroatoms. The number of aromatic nitrogens is 4. The number of H-pyrrole nitrogens is 1. The number of likely N-dealkylation sites (tertiary alicyclic amines) is 1. The van der Waals surface area contributed by atoms with Crippen LogP contribution in [0.25, 0.3) is 0 Å². The minimum atomic E-state index is 0.198. The average molecular weight is 261 g/mol. The van der Waals surface area contributed by atoms with Crippen molar-refractivity contribution in [1.29, 1.82) is 0 Å². The van der Waals surface area contributed by atoms with Gasteiger partial charge in [0.15, 0.2) is 0 Å². The molecule has 102 valence electrons. The summed E-state index contributed by atoms with van der Waals surface area (Å²) in [5, 5.41) is 15.1. The van der Waals surface area contributed by atoms with E-state index in [0.717, 1.165) is 31.8 Å². The summed E-state index contributed by atoms with van der Waals surface area (Å²) in [6.07, 6.45) is 4.10. The molecule has 1 aliphatic rings. The first kappa shape index (κ1) is 12.3. The van der Waals surface area contributed by atoms with Crippen LogP contribution in [0.2, 0.25) is 0 Å². The van der Waals surface area contributed by atoms with Crippen molar-refractivity contribution >= 4 is 0 Å². The maximum atomic E-state index is 5.52. The highest BCUT2D eigenvalue weighted by Crippen LogP contribution is 2.30. The zero-order valence-electron chi connectivity index (χ0n) is 11.3. The van der Waals surface area contributed by atoms with Crippen molar-refractivity contribution in [2.24, 2.45) is 0 Å². The van der Waals surface area contributed by atoms with E-state index < -0.39 is 0 Å². The smallest absolute Gasteiger partial charge is 0.233 e. The van der Waals surface area contributed by atoms with Gasteiger partial charge in [0, 0.05) is 24.7 Å². The highest BCUT2D eigenvalue weighted by molar-refractivity contribution is 5.07. The minimum absolute atomic E-state index is 0.198. The van der Waals surface area contributed by atoms with Gasteiger partial charge in [-0.05, 0) is 38.9 Å². The Labute approximate surface area is 112 Å². The van der Waals surface area contributed by atoms with Crippen molar-refractivity contribution < 1.29 is 4.42 Å². The summed E-state index contributed by atoms with van der Waals surface area (Å²) < 4.78 is 5.52. The van der Waals surface area contributed by atoms with E-state index in [1.807, 2.05) is 13.1 Å². The lowest BCUT2D eigenvalue weighted by Gasteiger charge is -2.34. The summed E-state index contributed by atoms with van der Waals surface area (Å²) in [6, 6.07) is 2.27. The predicted octanol–water partition coefficient (Wildman–Crippen LogP) is 2.04. The van der Waals surface area contributed by atoms with Crippen LogP contribution in [0.1, 0.15) is 49.2 Å². The maximum absolute atomic E-state index is 5.52. The Balaban J connectivity index is 1.61. The Bertz CT molecular complexity index is 513. The van der Waals surface area contributed by atoms with Crippen LogP contribution in [0.3, 0.4) is 0 Å². The molecular formula is C13H19N5O. The van der Waals surface area contributed by atoms with Gasteiger partial charge in [0.1, 0.15) is 0 Å². The summed E-state index contributed by atoms with van der Waals surface area (Å²) in [5.41, 5.74) is 1.25. The fourth-order valence-electron chi connectivity index (χ4n) is 2.73. The molecule has 0 bridgehead atoms. The van der Waals surface area contributed by atoms with Gasteiger partial charge in [-0.2, -0.15) is 5.10 Å². The zero-order chi connectivity index (χ0) is 13.2. The molecule has 1 saturated heterocycles. The number of rotatable bonds is 3. The van der Waals surface area contributed by atoms with E-state index in [1.54, 1.807) is 0 Å². The van der Waals surface area contributed by atoms with E-state index in [9.17, 15) is 0 Å². The summed E-state index contributed by atoms with van der Waals surface area (Å²) in [7, 11) is 0.